The number of nitrogens with zero attached hydrogens (tertiary/aromatic N) is 2. The maximum Gasteiger partial charge on any atom is 0.260 e. The fourth-order valence-corrected chi connectivity index (χ4v) is 1.32. The number of halogens is 3. The molecule has 0 saturated carbocycles. The summed E-state index contributed by atoms with van der Waals surface area (Å²) in [7, 11) is 0. The lowest BCUT2D eigenvalue weighted by atomic mass is 10.3. The molecule has 4 nitrogen and oxygen atoms in total. The van der Waals surface area contributed by atoms with Gasteiger partial charge >= 0.3 is 0 Å². The van der Waals surface area contributed by atoms with E-state index in [-0.39, 0.29) is 17.6 Å². The second-order valence-electron chi connectivity index (χ2n) is 3.56. The van der Waals surface area contributed by atoms with Gasteiger partial charge in [0.15, 0.2) is 11.6 Å². The number of ether oxygens (including phenoxy) is 1. The molecule has 1 heterocycles. The Morgan fingerprint density at radius 2 is 1.95 bits per heavy atom. The Labute approximate surface area is 107 Å². The van der Waals surface area contributed by atoms with Crippen LogP contribution in [0.25, 0.3) is 0 Å². The van der Waals surface area contributed by atoms with E-state index < -0.39 is 17.5 Å². The molecule has 1 aromatic carbocycles. The molecule has 0 radical (unpaired) electrons. The van der Waals surface area contributed by atoms with Gasteiger partial charge in [0.25, 0.3) is 5.88 Å². The molecule has 0 bridgehead atoms. The Hall–Kier alpha value is -2.31. The first kappa shape index (κ1) is 13.1. The van der Waals surface area contributed by atoms with Crippen LogP contribution in [0.1, 0.15) is 6.92 Å². The second kappa shape index (κ2) is 5.55. The standard InChI is InChI=1S/C12H10F3N3O/c1-2-16-12-17-6-10(15)11(18-12)19-7-3-4-8(13)9(14)5-7/h3-6H,2H2,1H3,(H,16,17,18). The average Bonchev–Trinajstić information content (AvgIpc) is 2.38. The van der Waals surface area contributed by atoms with Gasteiger partial charge < -0.3 is 10.1 Å². The summed E-state index contributed by atoms with van der Waals surface area (Å²) in [5.74, 6) is -3.13. The third-order valence-electron chi connectivity index (χ3n) is 2.15. The molecule has 7 heteroatoms. The zero-order valence-corrected chi connectivity index (χ0v) is 9.95. The van der Waals surface area contributed by atoms with Crippen molar-refractivity contribution in [1.82, 2.24) is 9.97 Å². The summed E-state index contributed by atoms with van der Waals surface area (Å²) in [6.45, 7) is 2.37. The molecule has 2 rings (SSSR count). The van der Waals surface area contributed by atoms with Crippen molar-refractivity contribution in [2.24, 2.45) is 0 Å². The van der Waals surface area contributed by atoms with Gasteiger partial charge in [-0.3, -0.25) is 0 Å². The predicted octanol–water partition coefficient (Wildman–Crippen LogP) is 3.12. The summed E-state index contributed by atoms with van der Waals surface area (Å²) >= 11 is 0. The molecule has 0 atom stereocenters. The fraction of sp³-hybridized carbons (Fsp3) is 0.167. The van der Waals surface area contributed by atoms with Crippen LogP contribution in [0, 0.1) is 17.5 Å². The summed E-state index contributed by atoms with van der Waals surface area (Å²) < 4.78 is 44.2. The van der Waals surface area contributed by atoms with E-state index in [0.29, 0.717) is 6.54 Å². The Kier molecular flexibility index (Phi) is 3.84. The number of aromatic nitrogens is 2. The van der Waals surface area contributed by atoms with Gasteiger partial charge in [0, 0.05) is 12.6 Å². The van der Waals surface area contributed by atoms with Gasteiger partial charge in [-0.2, -0.15) is 9.37 Å². The topological polar surface area (TPSA) is 47.0 Å². The number of hydrogen-bond acceptors (Lipinski definition) is 4. The van der Waals surface area contributed by atoms with E-state index in [1.165, 1.54) is 6.07 Å². The maximum atomic E-state index is 13.4. The van der Waals surface area contributed by atoms with E-state index in [1.54, 1.807) is 0 Å². The first-order valence-corrected chi connectivity index (χ1v) is 5.49. The smallest absolute Gasteiger partial charge is 0.260 e. The second-order valence-corrected chi connectivity index (χ2v) is 3.56. The van der Waals surface area contributed by atoms with Gasteiger partial charge in [0.05, 0.1) is 6.20 Å². The van der Waals surface area contributed by atoms with E-state index in [0.717, 1.165) is 18.3 Å². The average molecular weight is 269 g/mol. The highest BCUT2D eigenvalue weighted by molar-refractivity contribution is 5.32. The molecular weight excluding hydrogens is 259 g/mol. The van der Waals surface area contributed by atoms with Gasteiger partial charge in [-0.05, 0) is 19.1 Å². The first-order valence-electron chi connectivity index (χ1n) is 5.49. The van der Waals surface area contributed by atoms with E-state index >= 15 is 0 Å². The van der Waals surface area contributed by atoms with Crippen molar-refractivity contribution in [2.75, 3.05) is 11.9 Å². The van der Waals surface area contributed by atoms with Crippen LogP contribution in [-0.4, -0.2) is 16.5 Å². The quantitative estimate of drug-likeness (QED) is 0.926. The number of benzene rings is 1. The van der Waals surface area contributed by atoms with Crippen molar-refractivity contribution in [2.45, 2.75) is 6.92 Å². The molecular formula is C12H10F3N3O. The van der Waals surface area contributed by atoms with Gasteiger partial charge in [0.1, 0.15) is 5.75 Å². The molecule has 0 aliphatic rings. The van der Waals surface area contributed by atoms with Crippen LogP contribution < -0.4 is 10.1 Å². The molecule has 100 valence electrons. The van der Waals surface area contributed by atoms with Gasteiger partial charge in [-0.15, -0.1) is 0 Å². The minimum absolute atomic E-state index is 0.0565. The van der Waals surface area contributed by atoms with Crippen molar-refractivity contribution in [1.29, 1.82) is 0 Å². The third-order valence-corrected chi connectivity index (χ3v) is 2.15. The van der Waals surface area contributed by atoms with Crippen molar-refractivity contribution in [3.8, 4) is 11.6 Å². The van der Waals surface area contributed by atoms with Gasteiger partial charge in [-0.1, -0.05) is 0 Å². The largest absolute Gasteiger partial charge is 0.436 e. The molecule has 1 aromatic heterocycles. The highest BCUT2D eigenvalue weighted by Gasteiger charge is 2.11. The van der Waals surface area contributed by atoms with Gasteiger partial charge in [-0.25, -0.2) is 13.8 Å². The summed E-state index contributed by atoms with van der Waals surface area (Å²) in [5, 5.41) is 2.78. The Morgan fingerprint density at radius 1 is 1.16 bits per heavy atom. The zero-order valence-electron chi connectivity index (χ0n) is 9.95. The van der Waals surface area contributed by atoms with E-state index in [4.69, 9.17) is 4.74 Å². The molecule has 0 amide bonds. The molecule has 0 saturated heterocycles. The molecule has 19 heavy (non-hydrogen) atoms. The van der Waals surface area contributed by atoms with Crippen LogP contribution in [0.5, 0.6) is 11.6 Å². The van der Waals surface area contributed by atoms with Crippen LogP contribution in [0.2, 0.25) is 0 Å². The lowest BCUT2D eigenvalue weighted by Crippen LogP contribution is -2.04. The third kappa shape index (κ3) is 3.12. The molecule has 0 aliphatic carbocycles. The molecule has 0 unspecified atom stereocenters. The molecule has 0 fully saturated rings. The summed E-state index contributed by atoms with van der Waals surface area (Å²) in [5.41, 5.74) is 0. The van der Waals surface area contributed by atoms with Crippen molar-refractivity contribution in [3.05, 3.63) is 41.8 Å². The Balaban J connectivity index is 2.26. The maximum absolute atomic E-state index is 13.4. The Bertz CT molecular complexity index is 592. The lowest BCUT2D eigenvalue weighted by Gasteiger charge is -2.07. The normalized spacial score (nSPS) is 10.3. The van der Waals surface area contributed by atoms with Crippen LogP contribution in [0.3, 0.4) is 0 Å². The zero-order chi connectivity index (χ0) is 13.8. The fourth-order valence-electron chi connectivity index (χ4n) is 1.32. The lowest BCUT2D eigenvalue weighted by molar-refractivity contribution is 0.413. The number of anilines is 1. The molecule has 0 aliphatic heterocycles. The Morgan fingerprint density at radius 3 is 2.63 bits per heavy atom. The van der Waals surface area contributed by atoms with Crippen molar-refractivity contribution in [3.63, 3.8) is 0 Å². The van der Waals surface area contributed by atoms with Crippen molar-refractivity contribution >= 4 is 5.95 Å². The number of rotatable bonds is 4. The monoisotopic (exact) mass is 269 g/mol. The van der Waals surface area contributed by atoms with Crippen LogP contribution in [-0.2, 0) is 0 Å². The van der Waals surface area contributed by atoms with E-state index in [9.17, 15) is 13.2 Å². The van der Waals surface area contributed by atoms with Crippen LogP contribution >= 0.6 is 0 Å². The van der Waals surface area contributed by atoms with Crippen LogP contribution in [0.15, 0.2) is 24.4 Å². The SMILES string of the molecule is CCNc1ncc(F)c(Oc2ccc(F)c(F)c2)n1. The van der Waals surface area contributed by atoms with E-state index in [1.807, 2.05) is 6.92 Å². The molecule has 0 spiro atoms. The predicted molar refractivity (Wildman–Crippen MR) is 62.6 cm³/mol. The van der Waals surface area contributed by atoms with E-state index in [2.05, 4.69) is 15.3 Å². The molecule has 1 N–H and O–H groups in total. The van der Waals surface area contributed by atoms with Gasteiger partial charge in [0.2, 0.25) is 11.8 Å². The highest BCUT2D eigenvalue weighted by atomic mass is 19.2. The summed E-state index contributed by atoms with van der Waals surface area (Å²) in [6.07, 6.45) is 0.931. The summed E-state index contributed by atoms with van der Waals surface area (Å²) in [6, 6.07) is 2.87. The van der Waals surface area contributed by atoms with Crippen LogP contribution in [0.4, 0.5) is 19.1 Å². The number of hydrogen-bond donors (Lipinski definition) is 1. The first-order chi connectivity index (χ1) is 9.10. The summed E-state index contributed by atoms with van der Waals surface area (Å²) in [4.78, 5) is 7.46. The number of nitrogens with one attached hydrogen (secondary N) is 1. The highest BCUT2D eigenvalue weighted by Crippen LogP contribution is 2.24. The molecule has 2 aromatic rings. The van der Waals surface area contributed by atoms with Crippen molar-refractivity contribution < 1.29 is 17.9 Å². The minimum Gasteiger partial charge on any atom is -0.436 e. The minimum atomic E-state index is -1.08.